The largest absolute Gasteiger partial charge is 0.573 e. The molecule has 0 N–H and O–H groups in total. The maximum Gasteiger partial charge on any atom is 0.573 e. The van der Waals surface area contributed by atoms with Gasteiger partial charge in [0, 0.05) is 23.1 Å². The smallest absolute Gasteiger partial charge is 0.406 e. The van der Waals surface area contributed by atoms with Crippen LogP contribution in [0.1, 0.15) is 32.7 Å². The highest BCUT2D eigenvalue weighted by Crippen LogP contribution is 2.40. The van der Waals surface area contributed by atoms with Gasteiger partial charge >= 0.3 is 12.5 Å². The first kappa shape index (κ1) is 27.3. The molecule has 0 spiro atoms. The van der Waals surface area contributed by atoms with Crippen molar-refractivity contribution in [1.29, 1.82) is 0 Å². The highest BCUT2D eigenvalue weighted by molar-refractivity contribution is 6.15. The molecule has 3 heterocycles. The van der Waals surface area contributed by atoms with E-state index in [-0.39, 0.29) is 52.2 Å². The number of aromatic nitrogens is 2. The van der Waals surface area contributed by atoms with E-state index in [9.17, 15) is 35.9 Å². The van der Waals surface area contributed by atoms with Crippen molar-refractivity contribution in [2.45, 2.75) is 39.3 Å². The molecular formula is C24H19ClF6N4O3. The summed E-state index contributed by atoms with van der Waals surface area (Å²) in [7, 11) is 0. The first-order valence-electron chi connectivity index (χ1n) is 10.9. The fourth-order valence-corrected chi connectivity index (χ4v) is 4.49. The Morgan fingerprint density at radius 1 is 0.947 bits per heavy atom. The Morgan fingerprint density at radius 3 is 2.21 bits per heavy atom. The molecule has 4 rings (SSSR count). The number of hydrogen-bond acceptors (Lipinski definition) is 5. The van der Waals surface area contributed by atoms with Gasteiger partial charge in [-0.25, -0.2) is 4.98 Å². The van der Waals surface area contributed by atoms with Crippen LogP contribution in [-0.4, -0.2) is 28.5 Å². The standard InChI is InChI=1S/C24H19ClF6N4O3/c1-12-6-16(38-24(29,30)31)4-5-18(12)34-11-35(19-7-13(2)21(36)33(10-25)14(19)3)22(37)17-8-15(23(26,27)28)9-32-20(17)34/h4-9H,10-11H2,1-3H3. The Morgan fingerprint density at radius 2 is 1.63 bits per heavy atom. The lowest BCUT2D eigenvalue weighted by Gasteiger charge is -2.38. The molecule has 3 aromatic rings. The van der Waals surface area contributed by atoms with Gasteiger partial charge in [0.15, 0.2) is 0 Å². The number of hydrogen-bond donors (Lipinski definition) is 0. The number of halogens is 7. The number of rotatable bonds is 4. The van der Waals surface area contributed by atoms with Crippen molar-refractivity contribution in [3.63, 3.8) is 0 Å². The SMILES string of the molecule is Cc1cc(OC(F)(F)F)ccc1N1CN(c2cc(C)c(=O)n(CCl)c2C)C(=O)c2cc(C(F)(F)F)cnc21. The fraction of sp³-hybridized carbons (Fsp3) is 0.292. The molecule has 0 radical (unpaired) electrons. The minimum absolute atomic E-state index is 0.119. The van der Waals surface area contributed by atoms with Crippen LogP contribution in [0.25, 0.3) is 0 Å². The van der Waals surface area contributed by atoms with E-state index < -0.39 is 35.3 Å². The van der Waals surface area contributed by atoms with E-state index in [0.717, 1.165) is 17.0 Å². The molecule has 0 atom stereocenters. The maximum absolute atomic E-state index is 13.5. The summed E-state index contributed by atoms with van der Waals surface area (Å²) in [5.74, 6) is -1.43. The zero-order valence-electron chi connectivity index (χ0n) is 20.0. The van der Waals surface area contributed by atoms with Gasteiger partial charge in [-0.05, 0) is 56.7 Å². The maximum atomic E-state index is 13.5. The lowest BCUT2D eigenvalue weighted by Crippen LogP contribution is -2.46. The lowest BCUT2D eigenvalue weighted by molar-refractivity contribution is -0.274. The van der Waals surface area contributed by atoms with Crippen LogP contribution >= 0.6 is 11.6 Å². The molecule has 0 fully saturated rings. The molecule has 1 amide bonds. The summed E-state index contributed by atoms with van der Waals surface area (Å²) in [6.45, 7) is 4.24. The van der Waals surface area contributed by atoms with Crippen LogP contribution in [0.3, 0.4) is 0 Å². The second-order valence-electron chi connectivity index (χ2n) is 8.54. The number of pyridine rings is 2. The summed E-state index contributed by atoms with van der Waals surface area (Å²) < 4.78 is 83.7. The summed E-state index contributed by atoms with van der Waals surface area (Å²) in [5, 5.41) is 0. The molecule has 0 saturated heterocycles. The van der Waals surface area contributed by atoms with E-state index in [0.29, 0.717) is 12.3 Å². The Bertz CT molecular complexity index is 1490. The number of anilines is 3. The number of carbonyl (C=O) groups is 1. The number of alkyl halides is 7. The van der Waals surface area contributed by atoms with Gasteiger partial charge in [0.05, 0.1) is 16.8 Å². The molecule has 0 unspecified atom stereocenters. The van der Waals surface area contributed by atoms with Crippen molar-refractivity contribution >= 4 is 34.7 Å². The summed E-state index contributed by atoms with van der Waals surface area (Å²) in [6.07, 6.45) is -9.14. The van der Waals surface area contributed by atoms with Crippen LogP contribution in [0.2, 0.25) is 0 Å². The second kappa shape index (κ2) is 9.53. The Labute approximate surface area is 216 Å². The number of aryl methyl sites for hydroxylation is 2. The molecule has 0 saturated carbocycles. The number of carbonyl (C=O) groups excluding carboxylic acids is 1. The summed E-state index contributed by atoms with van der Waals surface area (Å²) in [5.41, 5.74) is -0.660. The monoisotopic (exact) mass is 560 g/mol. The van der Waals surface area contributed by atoms with Gasteiger partial charge in [-0.1, -0.05) is 0 Å². The summed E-state index contributed by atoms with van der Waals surface area (Å²) in [4.78, 5) is 32.5. The molecule has 202 valence electrons. The molecule has 0 bridgehead atoms. The number of fused-ring (bicyclic) bond motifs is 1. The first-order valence-corrected chi connectivity index (χ1v) is 11.5. The van der Waals surface area contributed by atoms with Crippen LogP contribution in [0.15, 0.2) is 41.3 Å². The lowest BCUT2D eigenvalue weighted by atomic mass is 10.1. The van der Waals surface area contributed by atoms with Gasteiger partial charge in [0.1, 0.15) is 24.2 Å². The van der Waals surface area contributed by atoms with Gasteiger partial charge in [-0.15, -0.1) is 24.8 Å². The van der Waals surface area contributed by atoms with E-state index in [1.165, 1.54) is 42.4 Å². The first-order chi connectivity index (χ1) is 17.6. The third-order valence-electron chi connectivity index (χ3n) is 6.02. The number of nitrogens with zero attached hydrogens (tertiary/aromatic N) is 4. The van der Waals surface area contributed by atoms with Gasteiger partial charge < -0.3 is 9.64 Å². The molecule has 1 aromatic carbocycles. The van der Waals surface area contributed by atoms with E-state index in [1.807, 2.05) is 0 Å². The van der Waals surface area contributed by atoms with E-state index >= 15 is 0 Å². The van der Waals surface area contributed by atoms with Crippen molar-refractivity contribution in [3.05, 3.63) is 74.8 Å². The van der Waals surface area contributed by atoms with Gasteiger partial charge in [0.25, 0.3) is 11.5 Å². The highest BCUT2D eigenvalue weighted by Gasteiger charge is 2.38. The molecule has 1 aliphatic heterocycles. The number of benzene rings is 1. The van der Waals surface area contributed by atoms with Crippen LogP contribution in [0.5, 0.6) is 5.75 Å². The molecule has 0 aliphatic carbocycles. The minimum Gasteiger partial charge on any atom is -0.406 e. The predicted octanol–water partition coefficient (Wildman–Crippen LogP) is 6.04. The van der Waals surface area contributed by atoms with Crippen LogP contribution in [0.4, 0.5) is 43.5 Å². The minimum atomic E-state index is -4.93. The van der Waals surface area contributed by atoms with Crippen molar-refractivity contribution < 1.29 is 35.9 Å². The van der Waals surface area contributed by atoms with Crippen molar-refractivity contribution in [2.75, 3.05) is 16.5 Å². The van der Waals surface area contributed by atoms with Crippen LogP contribution in [-0.2, 0) is 12.2 Å². The second-order valence-corrected chi connectivity index (χ2v) is 8.78. The zero-order valence-corrected chi connectivity index (χ0v) is 20.8. The molecule has 1 aliphatic rings. The Hall–Kier alpha value is -3.74. The van der Waals surface area contributed by atoms with E-state index in [4.69, 9.17) is 11.6 Å². The molecular weight excluding hydrogens is 542 g/mol. The zero-order chi connectivity index (χ0) is 28.2. The van der Waals surface area contributed by atoms with Gasteiger partial charge in [-0.3, -0.25) is 19.1 Å². The highest BCUT2D eigenvalue weighted by atomic mass is 35.5. The van der Waals surface area contributed by atoms with Gasteiger partial charge in [-0.2, -0.15) is 13.2 Å². The van der Waals surface area contributed by atoms with E-state index in [1.54, 1.807) is 0 Å². The topological polar surface area (TPSA) is 67.7 Å². The van der Waals surface area contributed by atoms with Crippen molar-refractivity contribution in [1.82, 2.24) is 9.55 Å². The van der Waals surface area contributed by atoms with Gasteiger partial charge in [0.2, 0.25) is 0 Å². The average molecular weight is 561 g/mol. The van der Waals surface area contributed by atoms with Crippen molar-refractivity contribution in [3.8, 4) is 5.75 Å². The number of ether oxygens (including phenoxy) is 1. The van der Waals surface area contributed by atoms with Crippen molar-refractivity contribution in [2.24, 2.45) is 0 Å². The molecule has 14 heteroatoms. The van der Waals surface area contributed by atoms with Crippen LogP contribution in [0, 0.1) is 20.8 Å². The predicted molar refractivity (Wildman–Crippen MR) is 127 cm³/mol. The summed E-state index contributed by atoms with van der Waals surface area (Å²) >= 11 is 5.94. The molecule has 2 aromatic heterocycles. The Kier molecular flexibility index (Phi) is 6.85. The Balaban J connectivity index is 1.91. The van der Waals surface area contributed by atoms with E-state index in [2.05, 4.69) is 9.72 Å². The quantitative estimate of drug-likeness (QED) is 0.288. The molecule has 38 heavy (non-hydrogen) atoms. The third kappa shape index (κ3) is 5.02. The fourth-order valence-electron chi connectivity index (χ4n) is 4.20. The third-order valence-corrected chi connectivity index (χ3v) is 6.26. The summed E-state index contributed by atoms with van der Waals surface area (Å²) in [6, 6.07) is 5.29. The normalized spacial score (nSPS) is 14.1. The molecule has 7 nitrogen and oxygen atoms in total. The van der Waals surface area contributed by atoms with Crippen LogP contribution < -0.4 is 20.1 Å². The average Bonchev–Trinajstić information content (AvgIpc) is 2.81. The number of amides is 1.